The Balaban J connectivity index is 2.34. The molecule has 1 aromatic heterocycles. The summed E-state index contributed by atoms with van der Waals surface area (Å²) in [6, 6.07) is 11.7. The Morgan fingerprint density at radius 3 is 2.57 bits per heavy atom. The summed E-state index contributed by atoms with van der Waals surface area (Å²) in [7, 11) is 1.58. The van der Waals surface area contributed by atoms with Gasteiger partial charge in [0.25, 0.3) is 5.91 Å². The highest BCUT2D eigenvalue weighted by molar-refractivity contribution is 5.95. The van der Waals surface area contributed by atoms with Crippen molar-refractivity contribution in [2.24, 2.45) is 0 Å². The quantitative estimate of drug-likeness (QED) is 0.834. The first-order valence-corrected chi connectivity index (χ1v) is 7.57. The van der Waals surface area contributed by atoms with Crippen molar-refractivity contribution in [3.63, 3.8) is 0 Å². The number of hydrogen-bond donors (Lipinski definition) is 1. The molecule has 0 saturated carbocycles. The molecule has 5 nitrogen and oxygen atoms in total. The van der Waals surface area contributed by atoms with Gasteiger partial charge < -0.3 is 14.6 Å². The standard InChI is InChI=1S/C18H21N3O2/c1-13(2)14-4-6-16(7-5-14)21-10-8-15(12-19)17(21)18(22)20-9-11-23-3/h4-8,10,13H,9,11H2,1-3H3,(H,20,22). The Morgan fingerprint density at radius 2 is 2.00 bits per heavy atom. The van der Waals surface area contributed by atoms with E-state index >= 15 is 0 Å². The lowest BCUT2D eigenvalue weighted by atomic mass is 10.0. The third-order valence-electron chi connectivity index (χ3n) is 3.65. The molecule has 0 atom stereocenters. The molecule has 0 aliphatic heterocycles. The third kappa shape index (κ3) is 3.79. The molecule has 1 amide bonds. The van der Waals surface area contributed by atoms with Gasteiger partial charge in [0.15, 0.2) is 0 Å². The van der Waals surface area contributed by atoms with E-state index in [-0.39, 0.29) is 5.91 Å². The average Bonchev–Trinajstić information content (AvgIpc) is 2.99. The molecule has 0 radical (unpaired) electrons. The zero-order valence-electron chi connectivity index (χ0n) is 13.7. The van der Waals surface area contributed by atoms with Crippen LogP contribution in [0.1, 0.15) is 41.4 Å². The number of rotatable bonds is 6. The second kappa shape index (κ2) is 7.61. The molecule has 0 spiro atoms. The van der Waals surface area contributed by atoms with Crippen LogP contribution in [0, 0.1) is 11.3 Å². The lowest BCUT2D eigenvalue weighted by molar-refractivity contribution is 0.0930. The first-order chi connectivity index (χ1) is 11.1. The number of hydrogen-bond acceptors (Lipinski definition) is 3. The van der Waals surface area contributed by atoms with Crippen molar-refractivity contribution in [3.05, 3.63) is 53.3 Å². The maximum Gasteiger partial charge on any atom is 0.269 e. The molecule has 1 aromatic carbocycles. The van der Waals surface area contributed by atoms with Gasteiger partial charge in [-0.3, -0.25) is 4.79 Å². The first-order valence-electron chi connectivity index (χ1n) is 7.57. The highest BCUT2D eigenvalue weighted by atomic mass is 16.5. The number of methoxy groups -OCH3 is 1. The van der Waals surface area contributed by atoms with Crippen LogP contribution in [0.4, 0.5) is 0 Å². The summed E-state index contributed by atoms with van der Waals surface area (Å²) >= 11 is 0. The summed E-state index contributed by atoms with van der Waals surface area (Å²) in [6.45, 7) is 5.09. The second-order valence-electron chi connectivity index (χ2n) is 5.55. The summed E-state index contributed by atoms with van der Waals surface area (Å²) < 4.78 is 6.67. The van der Waals surface area contributed by atoms with Crippen LogP contribution in [0.5, 0.6) is 0 Å². The molecule has 0 aliphatic rings. The van der Waals surface area contributed by atoms with Gasteiger partial charge in [-0.2, -0.15) is 5.26 Å². The van der Waals surface area contributed by atoms with E-state index in [9.17, 15) is 10.1 Å². The predicted octanol–water partition coefficient (Wildman–Crippen LogP) is 2.85. The van der Waals surface area contributed by atoms with E-state index in [4.69, 9.17) is 4.74 Å². The molecule has 23 heavy (non-hydrogen) atoms. The molecule has 1 heterocycles. The lowest BCUT2D eigenvalue weighted by Crippen LogP contribution is -2.29. The van der Waals surface area contributed by atoms with E-state index in [0.29, 0.717) is 30.3 Å². The molecule has 0 aliphatic carbocycles. The van der Waals surface area contributed by atoms with Crippen LogP contribution in [-0.4, -0.2) is 30.7 Å². The highest BCUT2D eigenvalue weighted by Crippen LogP contribution is 2.20. The number of amides is 1. The number of nitrogens with zero attached hydrogens (tertiary/aromatic N) is 2. The second-order valence-corrected chi connectivity index (χ2v) is 5.55. The summed E-state index contributed by atoms with van der Waals surface area (Å²) in [5.74, 6) is 0.164. The molecular formula is C18H21N3O2. The Hall–Kier alpha value is -2.58. The van der Waals surface area contributed by atoms with Gasteiger partial charge in [-0.1, -0.05) is 26.0 Å². The highest BCUT2D eigenvalue weighted by Gasteiger charge is 2.18. The average molecular weight is 311 g/mol. The van der Waals surface area contributed by atoms with Crippen LogP contribution < -0.4 is 5.32 Å². The third-order valence-corrected chi connectivity index (χ3v) is 3.65. The number of benzene rings is 1. The van der Waals surface area contributed by atoms with Crippen molar-refractivity contribution in [2.45, 2.75) is 19.8 Å². The molecule has 2 aromatic rings. The topological polar surface area (TPSA) is 67.0 Å². The molecule has 0 unspecified atom stereocenters. The number of ether oxygens (including phenoxy) is 1. The van der Waals surface area contributed by atoms with E-state index in [0.717, 1.165) is 5.69 Å². The SMILES string of the molecule is COCCNC(=O)c1c(C#N)ccn1-c1ccc(C(C)C)cc1. The van der Waals surface area contributed by atoms with Crippen LogP contribution in [0.25, 0.3) is 5.69 Å². The summed E-state index contributed by atoms with van der Waals surface area (Å²) in [5, 5.41) is 12.0. The molecule has 0 saturated heterocycles. The fourth-order valence-electron chi connectivity index (χ4n) is 2.34. The number of carbonyl (C=O) groups excluding carboxylic acids is 1. The molecule has 2 rings (SSSR count). The summed E-state index contributed by atoms with van der Waals surface area (Å²) in [5.41, 5.74) is 2.79. The zero-order chi connectivity index (χ0) is 16.8. The van der Waals surface area contributed by atoms with Crippen molar-refractivity contribution < 1.29 is 9.53 Å². The van der Waals surface area contributed by atoms with Crippen LogP contribution >= 0.6 is 0 Å². The maximum atomic E-state index is 12.4. The predicted molar refractivity (Wildman–Crippen MR) is 88.8 cm³/mol. The van der Waals surface area contributed by atoms with Gasteiger partial charge in [-0.25, -0.2) is 0 Å². The number of aromatic nitrogens is 1. The normalized spacial score (nSPS) is 10.6. The molecule has 0 fully saturated rings. The van der Waals surface area contributed by atoms with Gasteiger partial charge in [-0.05, 0) is 29.7 Å². The Morgan fingerprint density at radius 1 is 1.30 bits per heavy atom. The summed E-state index contributed by atoms with van der Waals surface area (Å²) in [6.07, 6.45) is 1.74. The van der Waals surface area contributed by atoms with Crippen LogP contribution in [-0.2, 0) is 4.74 Å². The van der Waals surface area contributed by atoms with E-state index in [1.165, 1.54) is 5.56 Å². The van der Waals surface area contributed by atoms with Crippen LogP contribution in [0.15, 0.2) is 36.5 Å². The minimum absolute atomic E-state index is 0.281. The minimum atomic E-state index is -0.281. The Kier molecular flexibility index (Phi) is 5.56. The largest absolute Gasteiger partial charge is 0.383 e. The number of carbonyl (C=O) groups is 1. The van der Waals surface area contributed by atoms with Crippen molar-refractivity contribution in [1.82, 2.24) is 9.88 Å². The lowest BCUT2D eigenvalue weighted by Gasteiger charge is -2.12. The van der Waals surface area contributed by atoms with Crippen molar-refractivity contribution >= 4 is 5.91 Å². The molecule has 120 valence electrons. The van der Waals surface area contributed by atoms with Crippen LogP contribution in [0.2, 0.25) is 0 Å². The molecule has 1 N–H and O–H groups in total. The van der Waals surface area contributed by atoms with Crippen molar-refractivity contribution in [3.8, 4) is 11.8 Å². The zero-order valence-corrected chi connectivity index (χ0v) is 13.7. The van der Waals surface area contributed by atoms with E-state index in [2.05, 4.69) is 25.2 Å². The van der Waals surface area contributed by atoms with Crippen molar-refractivity contribution in [2.75, 3.05) is 20.3 Å². The smallest absolute Gasteiger partial charge is 0.269 e. The molecular weight excluding hydrogens is 290 g/mol. The minimum Gasteiger partial charge on any atom is -0.383 e. The van der Waals surface area contributed by atoms with E-state index < -0.39 is 0 Å². The van der Waals surface area contributed by atoms with Gasteiger partial charge in [0.2, 0.25) is 0 Å². The summed E-state index contributed by atoms with van der Waals surface area (Å²) in [4.78, 5) is 12.4. The van der Waals surface area contributed by atoms with Crippen molar-refractivity contribution in [1.29, 1.82) is 5.26 Å². The van der Waals surface area contributed by atoms with Gasteiger partial charge in [-0.15, -0.1) is 0 Å². The Bertz CT molecular complexity index is 709. The van der Waals surface area contributed by atoms with E-state index in [1.54, 1.807) is 23.9 Å². The van der Waals surface area contributed by atoms with Gasteiger partial charge in [0.05, 0.1) is 12.2 Å². The number of nitriles is 1. The fraction of sp³-hybridized carbons (Fsp3) is 0.333. The van der Waals surface area contributed by atoms with E-state index in [1.807, 2.05) is 24.3 Å². The fourth-order valence-corrected chi connectivity index (χ4v) is 2.34. The monoisotopic (exact) mass is 311 g/mol. The van der Waals surface area contributed by atoms with Gasteiger partial charge in [0.1, 0.15) is 11.8 Å². The van der Waals surface area contributed by atoms with Gasteiger partial charge >= 0.3 is 0 Å². The Labute approximate surface area is 136 Å². The maximum absolute atomic E-state index is 12.4. The number of nitrogens with one attached hydrogen (secondary N) is 1. The van der Waals surface area contributed by atoms with Gasteiger partial charge in [0, 0.05) is 25.5 Å². The molecule has 5 heteroatoms. The first kappa shape index (κ1) is 16.8. The van der Waals surface area contributed by atoms with Crippen LogP contribution in [0.3, 0.4) is 0 Å². The molecule has 0 bridgehead atoms.